The van der Waals surface area contributed by atoms with Gasteiger partial charge in [0.25, 0.3) is 0 Å². The van der Waals surface area contributed by atoms with E-state index in [1.165, 1.54) is 25.3 Å². The number of ether oxygens (including phenoxy) is 2. The Labute approximate surface area is 154 Å². The Kier molecular flexibility index (Phi) is 3.92. The highest BCUT2D eigenvalue weighted by Gasteiger charge is 2.38. The zero-order valence-electron chi connectivity index (χ0n) is 14.6. The van der Waals surface area contributed by atoms with E-state index < -0.39 is 11.6 Å². The summed E-state index contributed by atoms with van der Waals surface area (Å²) in [4.78, 5) is 25.5. The summed E-state index contributed by atoms with van der Waals surface area (Å²) in [5.74, 6) is -0.175. The average molecular weight is 365 g/mol. The molecule has 1 aliphatic carbocycles. The van der Waals surface area contributed by atoms with Crippen molar-refractivity contribution in [3.05, 3.63) is 70.1 Å². The van der Waals surface area contributed by atoms with Gasteiger partial charge in [0.05, 0.1) is 31.0 Å². The molecule has 136 valence electrons. The Balaban J connectivity index is 1.77. The van der Waals surface area contributed by atoms with Crippen LogP contribution in [0.3, 0.4) is 0 Å². The monoisotopic (exact) mass is 365 g/mol. The van der Waals surface area contributed by atoms with Crippen LogP contribution in [0.5, 0.6) is 17.2 Å². The van der Waals surface area contributed by atoms with Crippen LogP contribution in [0.25, 0.3) is 0 Å². The zero-order valence-corrected chi connectivity index (χ0v) is 14.6. The molecule has 1 aromatic heterocycles. The van der Waals surface area contributed by atoms with Crippen LogP contribution in [0.1, 0.15) is 43.3 Å². The first-order valence-electron chi connectivity index (χ1n) is 8.16. The van der Waals surface area contributed by atoms with Gasteiger partial charge in [-0.05, 0) is 29.8 Å². The van der Waals surface area contributed by atoms with E-state index in [2.05, 4.69) is 5.16 Å². The van der Waals surface area contributed by atoms with Crippen LogP contribution in [-0.4, -0.2) is 36.0 Å². The number of ketones is 2. The molecule has 1 heterocycles. The molecular weight excluding hydrogens is 350 g/mol. The Morgan fingerprint density at radius 2 is 1.78 bits per heavy atom. The number of hydrogen-bond acceptors (Lipinski definition) is 7. The molecule has 3 aromatic rings. The van der Waals surface area contributed by atoms with Crippen molar-refractivity contribution in [1.82, 2.24) is 5.16 Å². The van der Waals surface area contributed by atoms with E-state index in [0.29, 0.717) is 17.2 Å². The molecule has 0 aliphatic heterocycles. The van der Waals surface area contributed by atoms with Crippen molar-refractivity contribution < 1.29 is 28.7 Å². The molecule has 2 aromatic carbocycles. The summed E-state index contributed by atoms with van der Waals surface area (Å²) in [6, 6.07) is 9.68. The summed E-state index contributed by atoms with van der Waals surface area (Å²) in [7, 11) is 3.07. The number of aromatic nitrogens is 1. The Bertz CT molecular complexity index is 1080. The molecule has 0 fully saturated rings. The molecule has 7 heteroatoms. The second-order valence-corrected chi connectivity index (χ2v) is 6.06. The standard InChI is InChI=1S/C20H15NO6/c1-25-14-7-6-10(9-15(14)26-2)8-12-17-19(24)16-11(4-3-5-13(16)22)18(23)20(17)27-21-12/h3-7,9,22H,8H2,1-2H3. The topological polar surface area (TPSA) is 98.9 Å². The van der Waals surface area contributed by atoms with Gasteiger partial charge in [0.15, 0.2) is 11.5 Å². The Morgan fingerprint density at radius 3 is 2.52 bits per heavy atom. The van der Waals surface area contributed by atoms with E-state index in [9.17, 15) is 14.7 Å². The maximum Gasteiger partial charge on any atom is 0.232 e. The van der Waals surface area contributed by atoms with E-state index in [-0.39, 0.29) is 34.6 Å². The molecule has 1 N–H and O–H groups in total. The number of carbonyl (C=O) groups is 2. The lowest BCUT2D eigenvalue weighted by Gasteiger charge is -2.14. The van der Waals surface area contributed by atoms with E-state index in [1.54, 1.807) is 19.2 Å². The van der Waals surface area contributed by atoms with Crippen molar-refractivity contribution in [2.45, 2.75) is 6.42 Å². The summed E-state index contributed by atoms with van der Waals surface area (Å²) >= 11 is 0. The van der Waals surface area contributed by atoms with Crippen molar-refractivity contribution in [3.8, 4) is 17.2 Å². The van der Waals surface area contributed by atoms with Gasteiger partial charge in [0.1, 0.15) is 5.75 Å². The largest absolute Gasteiger partial charge is 0.507 e. The number of aromatic hydroxyl groups is 1. The molecule has 0 radical (unpaired) electrons. The third-order valence-corrected chi connectivity index (χ3v) is 4.53. The fourth-order valence-corrected chi connectivity index (χ4v) is 3.23. The van der Waals surface area contributed by atoms with Crippen molar-refractivity contribution in [3.63, 3.8) is 0 Å². The van der Waals surface area contributed by atoms with Gasteiger partial charge in [-0.2, -0.15) is 0 Å². The van der Waals surface area contributed by atoms with Crippen molar-refractivity contribution in [1.29, 1.82) is 0 Å². The van der Waals surface area contributed by atoms with Gasteiger partial charge in [-0.3, -0.25) is 9.59 Å². The molecular formula is C20H15NO6. The minimum absolute atomic E-state index is 0.0215. The molecule has 0 saturated heterocycles. The number of phenolic OH excluding ortho intramolecular Hbond substituents is 1. The van der Waals surface area contributed by atoms with Crippen LogP contribution < -0.4 is 9.47 Å². The van der Waals surface area contributed by atoms with Gasteiger partial charge in [-0.25, -0.2) is 0 Å². The minimum atomic E-state index is -0.477. The number of benzene rings is 2. The molecule has 0 spiro atoms. The molecule has 1 aliphatic rings. The summed E-state index contributed by atoms with van der Waals surface area (Å²) in [6.07, 6.45) is 0.251. The maximum atomic E-state index is 12.9. The van der Waals surface area contributed by atoms with Gasteiger partial charge < -0.3 is 19.1 Å². The lowest BCUT2D eigenvalue weighted by Crippen LogP contribution is -2.20. The lowest BCUT2D eigenvalue weighted by atomic mass is 9.86. The SMILES string of the molecule is COc1ccc(Cc2noc3c2C(=O)c2c(O)cccc2C3=O)cc1OC. The van der Waals surface area contributed by atoms with Crippen LogP contribution in [0.4, 0.5) is 0 Å². The second-order valence-electron chi connectivity index (χ2n) is 6.06. The van der Waals surface area contributed by atoms with Crippen molar-refractivity contribution >= 4 is 11.6 Å². The molecule has 27 heavy (non-hydrogen) atoms. The van der Waals surface area contributed by atoms with E-state index in [1.807, 2.05) is 6.07 Å². The quantitative estimate of drug-likeness (QED) is 0.594. The smallest absolute Gasteiger partial charge is 0.232 e. The average Bonchev–Trinajstić information content (AvgIpc) is 3.10. The molecule has 0 amide bonds. The molecule has 0 atom stereocenters. The van der Waals surface area contributed by atoms with E-state index in [0.717, 1.165) is 5.56 Å². The van der Waals surface area contributed by atoms with Gasteiger partial charge in [-0.1, -0.05) is 17.3 Å². The van der Waals surface area contributed by atoms with E-state index >= 15 is 0 Å². The predicted molar refractivity (Wildman–Crippen MR) is 93.8 cm³/mol. The third kappa shape index (κ3) is 2.55. The Hall–Kier alpha value is -3.61. The van der Waals surface area contributed by atoms with Gasteiger partial charge in [0, 0.05) is 12.0 Å². The van der Waals surface area contributed by atoms with Gasteiger partial charge in [0.2, 0.25) is 17.3 Å². The van der Waals surface area contributed by atoms with Crippen LogP contribution in [0, 0.1) is 0 Å². The lowest BCUT2D eigenvalue weighted by molar-refractivity contribution is 0.0952. The number of hydrogen-bond donors (Lipinski definition) is 1. The first kappa shape index (κ1) is 16.8. The molecule has 0 unspecified atom stereocenters. The highest BCUT2D eigenvalue weighted by Crippen LogP contribution is 2.35. The highest BCUT2D eigenvalue weighted by atomic mass is 16.5. The maximum absolute atomic E-state index is 12.9. The molecule has 7 nitrogen and oxygen atoms in total. The summed E-state index contributed by atoms with van der Waals surface area (Å²) in [5, 5.41) is 14.0. The summed E-state index contributed by atoms with van der Waals surface area (Å²) in [5.41, 5.74) is 1.30. The van der Waals surface area contributed by atoms with Crippen molar-refractivity contribution in [2.75, 3.05) is 14.2 Å². The van der Waals surface area contributed by atoms with Gasteiger partial charge >= 0.3 is 0 Å². The van der Waals surface area contributed by atoms with Crippen LogP contribution in [0.2, 0.25) is 0 Å². The predicted octanol–water partition coefficient (Wildman–Crippen LogP) is 2.76. The summed E-state index contributed by atoms with van der Waals surface area (Å²) in [6.45, 7) is 0. The number of fused-ring (bicyclic) bond motifs is 2. The normalized spacial score (nSPS) is 12.5. The molecule has 0 saturated carbocycles. The molecule has 0 bridgehead atoms. The first-order valence-corrected chi connectivity index (χ1v) is 8.16. The number of carbonyl (C=O) groups excluding carboxylic acids is 2. The second kappa shape index (κ2) is 6.28. The minimum Gasteiger partial charge on any atom is -0.507 e. The number of rotatable bonds is 4. The number of phenols is 1. The van der Waals surface area contributed by atoms with Crippen LogP contribution in [-0.2, 0) is 6.42 Å². The van der Waals surface area contributed by atoms with E-state index in [4.69, 9.17) is 14.0 Å². The summed E-state index contributed by atoms with van der Waals surface area (Å²) < 4.78 is 15.7. The fraction of sp³-hybridized carbons (Fsp3) is 0.150. The number of nitrogens with zero attached hydrogens (tertiary/aromatic N) is 1. The fourth-order valence-electron chi connectivity index (χ4n) is 3.23. The Morgan fingerprint density at radius 1 is 1.00 bits per heavy atom. The van der Waals surface area contributed by atoms with Crippen molar-refractivity contribution in [2.24, 2.45) is 0 Å². The first-order chi connectivity index (χ1) is 13.0. The van der Waals surface area contributed by atoms with Crippen LogP contribution in [0.15, 0.2) is 40.9 Å². The van der Waals surface area contributed by atoms with Crippen LogP contribution >= 0.6 is 0 Å². The highest BCUT2D eigenvalue weighted by molar-refractivity contribution is 6.28. The number of methoxy groups -OCH3 is 2. The third-order valence-electron chi connectivity index (χ3n) is 4.53. The zero-order chi connectivity index (χ0) is 19.1. The molecule has 4 rings (SSSR count). The van der Waals surface area contributed by atoms with Gasteiger partial charge in [-0.15, -0.1) is 0 Å².